The highest BCUT2D eigenvalue weighted by molar-refractivity contribution is 6.09. The zero-order valence-corrected chi connectivity index (χ0v) is 24.9. The van der Waals surface area contributed by atoms with Crippen molar-refractivity contribution in [3.63, 3.8) is 0 Å². The minimum absolute atomic E-state index is 0.470. The van der Waals surface area contributed by atoms with Gasteiger partial charge in [-0.1, -0.05) is 97.1 Å². The summed E-state index contributed by atoms with van der Waals surface area (Å²) in [4.78, 5) is 0. The van der Waals surface area contributed by atoms with E-state index in [0.717, 1.165) is 0 Å². The number of rotatable bonds is 1. The lowest BCUT2D eigenvalue weighted by molar-refractivity contribution is -0.950. The molecule has 2 nitrogen and oxygen atoms in total. The predicted octanol–water partition coefficient (Wildman–Crippen LogP) is 8.50. The van der Waals surface area contributed by atoms with E-state index >= 15 is 0 Å². The smallest absolute Gasteiger partial charge is 0.126 e. The summed E-state index contributed by atoms with van der Waals surface area (Å²) in [5.41, 5.74) is 16.4. The minimum atomic E-state index is -0.535. The van der Waals surface area contributed by atoms with Gasteiger partial charge in [-0.15, -0.1) is 9.13 Å². The van der Waals surface area contributed by atoms with Crippen molar-refractivity contribution in [1.82, 2.24) is 0 Å². The van der Waals surface area contributed by atoms with Crippen molar-refractivity contribution in [2.45, 2.75) is 11.1 Å². The van der Waals surface area contributed by atoms with Crippen molar-refractivity contribution in [2.24, 2.45) is 0 Å². The third-order valence-corrected chi connectivity index (χ3v) is 11.5. The summed E-state index contributed by atoms with van der Waals surface area (Å²) in [6.07, 6.45) is 4.64. The second-order valence-electron chi connectivity index (χ2n) is 13.2. The Hall–Kier alpha value is -5.86. The molecule has 2 aliphatic heterocycles. The normalized spacial score (nSPS) is 17.8. The van der Waals surface area contributed by atoms with Gasteiger partial charge in [0.25, 0.3) is 0 Å². The van der Waals surface area contributed by atoms with E-state index in [4.69, 9.17) is 0 Å². The molecule has 0 radical (unpaired) electrons. The van der Waals surface area contributed by atoms with Crippen molar-refractivity contribution < 1.29 is 9.13 Å². The fourth-order valence-electron chi connectivity index (χ4n) is 10.0. The van der Waals surface area contributed by atoms with E-state index in [9.17, 15) is 0 Å². The molecule has 1 atom stereocenters. The van der Waals surface area contributed by atoms with Crippen LogP contribution in [0.5, 0.6) is 0 Å². The highest BCUT2D eigenvalue weighted by Gasteiger charge is 2.73. The molecule has 1 unspecified atom stereocenters. The third kappa shape index (κ3) is 2.30. The third-order valence-electron chi connectivity index (χ3n) is 11.5. The molecule has 0 fully saturated rings. The summed E-state index contributed by atoms with van der Waals surface area (Å²) in [6, 6.07) is 55.0. The summed E-state index contributed by atoms with van der Waals surface area (Å²) in [6.45, 7) is 0. The van der Waals surface area contributed by atoms with Crippen molar-refractivity contribution in [3.8, 4) is 33.5 Å². The number of fused-ring (bicyclic) bond motifs is 9. The van der Waals surface area contributed by atoms with Gasteiger partial charge in [0.2, 0.25) is 11.2 Å². The van der Waals surface area contributed by atoms with E-state index in [1.54, 1.807) is 0 Å². The molecule has 0 amide bonds. The van der Waals surface area contributed by atoms with Gasteiger partial charge in [-0.3, -0.25) is 0 Å². The largest absolute Gasteiger partial charge is 0.418 e. The van der Waals surface area contributed by atoms with Crippen LogP contribution in [0, 0.1) is 0 Å². The Labute approximate surface area is 266 Å². The van der Waals surface area contributed by atoms with Gasteiger partial charge >= 0.3 is 5.66 Å². The van der Waals surface area contributed by atoms with Crippen LogP contribution in [0.25, 0.3) is 55.2 Å². The predicted molar refractivity (Wildman–Crippen MR) is 182 cm³/mol. The first-order chi connectivity index (χ1) is 22.8. The molecule has 8 aromatic rings. The maximum Gasteiger partial charge on any atom is 0.418 e. The van der Waals surface area contributed by atoms with Crippen LogP contribution in [0.15, 0.2) is 158 Å². The van der Waals surface area contributed by atoms with Crippen LogP contribution in [0.3, 0.4) is 0 Å². The molecule has 2 heteroatoms. The molecular formula is C44H26N2+2. The van der Waals surface area contributed by atoms with Crippen LogP contribution in [-0.2, 0) is 11.1 Å². The number of nitrogens with zero attached hydrogens (tertiary/aromatic N) is 2. The van der Waals surface area contributed by atoms with Gasteiger partial charge in [0.05, 0.1) is 16.4 Å². The zero-order chi connectivity index (χ0) is 29.8. The van der Waals surface area contributed by atoms with Crippen LogP contribution < -0.4 is 9.13 Å². The molecule has 12 rings (SSSR count). The molecule has 46 heavy (non-hydrogen) atoms. The molecule has 0 bridgehead atoms. The molecule has 210 valence electrons. The molecule has 4 aliphatic rings. The van der Waals surface area contributed by atoms with Crippen molar-refractivity contribution in [3.05, 3.63) is 191 Å². The average Bonchev–Trinajstić information content (AvgIpc) is 3.72. The molecule has 2 aliphatic carbocycles. The van der Waals surface area contributed by atoms with E-state index in [1.807, 2.05) is 0 Å². The van der Waals surface area contributed by atoms with Gasteiger partial charge in [0, 0.05) is 23.6 Å². The second kappa shape index (κ2) is 7.67. The molecule has 2 aromatic heterocycles. The first-order valence-corrected chi connectivity index (χ1v) is 16.2. The van der Waals surface area contributed by atoms with Gasteiger partial charge in [0.15, 0.2) is 12.4 Å². The molecule has 0 saturated carbocycles. The highest BCUT2D eigenvalue weighted by atomic mass is 15.3. The topological polar surface area (TPSA) is 7.76 Å². The fourth-order valence-corrected chi connectivity index (χ4v) is 10.0. The Morgan fingerprint density at radius 3 is 1.93 bits per heavy atom. The first-order valence-electron chi connectivity index (χ1n) is 16.2. The number of hydrogen-bond acceptors (Lipinski definition) is 0. The monoisotopic (exact) mass is 582 g/mol. The Morgan fingerprint density at radius 2 is 1.11 bits per heavy atom. The van der Waals surface area contributed by atoms with Crippen molar-refractivity contribution in [1.29, 1.82) is 0 Å². The molecule has 4 heterocycles. The summed E-state index contributed by atoms with van der Waals surface area (Å²) >= 11 is 0. The van der Waals surface area contributed by atoms with Crippen LogP contribution in [0.2, 0.25) is 0 Å². The SMILES string of the molecule is c1ccc(-c2cc3c4c(c2)C2(c5ccccc5-c5ccccc52)c2ccc5ccc6ccc[n+]7c6c5c2C47[n+]2ccccc2-3)cc1. The number of hydrogen-bond donors (Lipinski definition) is 0. The van der Waals surface area contributed by atoms with E-state index in [2.05, 4.69) is 167 Å². The summed E-state index contributed by atoms with van der Waals surface area (Å²) in [7, 11) is 0. The molecule has 6 aromatic carbocycles. The van der Waals surface area contributed by atoms with Crippen LogP contribution in [0.1, 0.15) is 33.4 Å². The molecule has 0 saturated heterocycles. The van der Waals surface area contributed by atoms with E-state index in [-0.39, 0.29) is 0 Å². The summed E-state index contributed by atoms with van der Waals surface area (Å²) < 4.78 is 5.18. The Bertz CT molecular complexity index is 2660. The molecule has 2 spiro atoms. The van der Waals surface area contributed by atoms with Gasteiger partial charge < -0.3 is 0 Å². The van der Waals surface area contributed by atoms with E-state index < -0.39 is 11.1 Å². The molecular weight excluding hydrogens is 556 g/mol. The lowest BCUT2D eigenvalue weighted by atomic mass is 9.58. The average molecular weight is 583 g/mol. The summed E-state index contributed by atoms with van der Waals surface area (Å²) in [5.74, 6) is 0. The Balaban J connectivity index is 1.40. The Kier molecular flexibility index (Phi) is 3.92. The van der Waals surface area contributed by atoms with E-state index in [0.29, 0.717) is 0 Å². The van der Waals surface area contributed by atoms with Gasteiger partial charge in [0.1, 0.15) is 11.1 Å². The quantitative estimate of drug-likeness (QED) is 0.135. The standard InChI is InChI=1S/C44H26N2/c1-2-11-27(12-3-1)30-25-33-38-18-8-9-23-45(38)44-40(33)37(26-30)43(34-16-6-4-14-31(34)32-15-5-7-17-35(32)43)36-22-21-28-19-20-29-13-10-24-46(44)42(29)39(28)41(36)44/h1-26H/q+2. The lowest BCUT2D eigenvalue weighted by Crippen LogP contribution is -2.73. The molecule has 0 N–H and O–H groups in total. The van der Waals surface area contributed by atoms with Crippen molar-refractivity contribution in [2.75, 3.05) is 0 Å². The van der Waals surface area contributed by atoms with Crippen LogP contribution in [-0.4, -0.2) is 0 Å². The fraction of sp³-hybridized carbons (Fsp3) is 0.0455. The number of aromatic nitrogens is 2. The van der Waals surface area contributed by atoms with Crippen LogP contribution in [0.4, 0.5) is 0 Å². The zero-order valence-electron chi connectivity index (χ0n) is 24.9. The number of benzene rings is 6. The van der Waals surface area contributed by atoms with E-state index in [1.165, 1.54) is 88.6 Å². The summed E-state index contributed by atoms with van der Waals surface area (Å²) in [5, 5.41) is 3.96. The van der Waals surface area contributed by atoms with Gasteiger partial charge in [-0.05, 0) is 80.2 Å². The lowest BCUT2D eigenvalue weighted by Gasteiger charge is -2.41. The number of pyridine rings is 2. The minimum Gasteiger partial charge on any atom is -0.126 e. The van der Waals surface area contributed by atoms with Gasteiger partial charge in [-0.25, -0.2) is 0 Å². The first kappa shape index (κ1) is 23.5. The van der Waals surface area contributed by atoms with Gasteiger partial charge in [-0.2, -0.15) is 0 Å². The maximum absolute atomic E-state index is 2.60. The van der Waals surface area contributed by atoms with Crippen molar-refractivity contribution >= 4 is 21.7 Å². The maximum atomic E-state index is 2.60. The highest BCUT2D eigenvalue weighted by Crippen LogP contribution is 2.65. The second-order valence-corrected chi connectivity index (χ2v) is 13.2. The van der Waals surface area contributed by atoms with Crippen LogP contribution >= 0.6 is 0 Å². The Morgan fingerprint density at radius 1 is 0.413 bits per heavy atom.